The summed E-state index contributed by atoms with van der Waals surface area (Å²) in [5.41, 5.74) is 5.76. The normalized spacial score (nSPS) is 17.6. The molecule has 0 bridgehead atoms. The van der Waals surface area contributed by atoms with E-state index in [4.69, 9.17) is 0 Å². The van der Waals surface area contributed by atoms with Crippen molar-refractivity contribution in [1.82, 2.24) is 15.2 Å². The summed E-state index contributed by atoms with van der Waals surface area (Å²) in [4.78, 5) is 33.3. The molecule has 4 unspecified atom stereocenters. The number of H-pyrrole nitrogens is 1. The van der Waals surface area contributed by atoms with Gasteiger partial charge in [0, 0.05) is 27.7 Å². The number of aromatic nitrogens is 1. The highest BCUT2D eigenvalue weighted by molar-refractivity contribution is 6.03. The van der Waals surface area contributed by atoms with E-state index in [-0.39, 0.29) is 29.8 Å². The zero-order valence-corrected chi connectivity index (χ0v) is 21.3. The molecule has 0 aliphatic carbocycles. The number of aryl methyl sites for hydroxylation is 1. The lowest BCUT2D eigenvalue weighted by molar-refractivity contribution is -0.128. The zero-order chi connectivity index (χ0) is 25.4. The summed E-state index contributed by atoms with van der Waals surface area (Å²) in [6, 6.07) is 24.8. The first-order chi connectivity index (χ1) is 17.4. The van der Waals surface area contributed by atoms with Crippen molar-refractivity contribution in [3.8, 4) is 0 Å². The van der Waals surface area contributed by atoms with Crippen LogP contribution in [0.5, 0.6) is 0 Å². The van der Waals surface area contributed by atoms with Gasteiger partial charge in [0.1, 0.15) is 6.04 Å². The maximum atomic E-state index is 14.0. The molecule has 184 valence electrons. The molecule has 36 heavy (non-hydrogen) atoms. The summed E-state index contributed by atoms with van der Waals surface area (Å²) in [7, 11) is 0. The molecule has 4 atom stereocenters. The van der Waals surface area contributed by atoms with Crippen LogP contribution in [-0.4, -0.2) is 27.7 Å². The monoisotopic (exact) mass is 479 g/mol. The van der Waals surface area contributed by atoms with Crippen LogP contribution >= 0.6 is 0 Å². The molecule has 5 rings (SSSR count). The van der Waals surface area contributed by atoms with Crippen molar-refractivity contribution in [2.75, 3.05) is 0 Å². The van der Waals surface area contributed by atoms with E-state index in [0.717, 1.165) is 39.7 Å². The number of para-hydroxylation sites is 1. The fourth-order valence-electron chi connectivity index (χ4n) is 5.57. The molecule has 1 aliphatic heterocycles. The van der Waals surface area contributed by atoms with Crippen LogP contribution in [0.1, 0.15) is 72.0 Å². The van der Waals surface area contributed by atoms with Gasteiger partial charge in [0.25, 0.3) is 5.91 Å². The fraction of sp³-hybridized carbons (Fsp3) is 0.290. The molecule has 3 aromatic carbocycles. The van der Waals surface area contributed by atoms with Crippen LogP contribution in [-0.2, 0) is 4.79 Å². The van der Waals surface area contributed by atoms with Gasteiger partial charge in [-0.3, -0.25) is 9.59 Å². The van der Waals surface area contributed by atoms with Crippen molar-refractivity contribution in [3.63, 3.8) is 0 Å². The molecule has 0 fully saturated rings. The summed E-state index contributed by atoms with van der Waals surface area (Å²) in [5, 5.41) is 4.29. The molecule has 2 N–H and O–H groups in total. The van der Waals surface area contributed by atoms with Gasteiger partial charge < -0.3 is 15.2 Å². The molecule has 1 aromatic heterocycles. The summed E-state index contributed by atoms with van der Waals surface area (Å²) < 4.78 is 0. The first-order valence-electron chi connectivity index (χ1n) is 12.8. The number of hydrogen-bond donors (Lipinski definition) is 2. The Morgan fingerprint density at radius 3 is 2.39 bits per heavy atom. The summed E-state index contributed by atoms with van der Waals surface area (Å²) >= 11 is 0. The molecule has 0 saturated carbocycles. The van der Waals surface area contributed by atoms with E-state index in [1.54, 1.807) is 0 Å². The number of nitrogens with zero attached hydrogens (tertiary/aromatic N) is 1. The second kappa shape index (κ2) is 9.65. The molecular formula is C31H33N3O2. The van der Waals surface area contributed by atoms with E-state index < -0.39 is 6.04 Å². The molecule has 4 aromatic rings. The predicted octanol–water partition coefficient (Wildman–Crippen LogP) is 6.31. The SMILES string of the molecule is CCC(C)C(C(=O)NC(C)c1ccccc1)N1C(=O)c2ccccc2C1c1c(C)[nH]c2ccccc12. The minimum Gasteiger partial charge on any atom is -0.358 e. The second-order valence-electron chi connectivity index (χ2n) is 9.88. The number of rotatable bonds is 7. The van der Waals surface area contributed by atoms with Gasteiger partial charge in [-0.05, 0) is 43.0 Å². The van der Waals surface area contributed by atoms with Crippen molar-refractivity contribution < 1.29 is 9.59 Å². The molecule has 0 spiro atoms. The van der Waals surface area contributed by atoms with Crippen LogP contribution in [0.3, 0.4) is 0 Å². The number of nitrogens with one attached hydrogen (secondary N) is 2. The van der Waals surface area contributed by atoms with Crippen molar-refractivity contribution in [3.05, 3.63) is 107 Å². The Balaban J connectivity index is 1.62. The van der Waals surface area contributed by atoms with Gasteiger partial charge in [0.2, 0.25) is 5.91 Å². The van der Waals surface area contributed by atoms with Crippen LogP contribution in [0.2, 0.25) is 0 Å². The van der Waals surface area contributed by atoms with Crippen LogP contribution in [0.25, 0.3) is 10.9 Å². The van der Waals surface area contributed by atoms with Gasteiger partial charge in [-0.25, -0.2) is 0 Å². The third kappa shape index (κ3) is 3.98. The quantitative estimate of drug-likeness (QED) is 0.326. The number of fused-ring (bicyclic) bond motifs is 2. The Morgan fingerprint density at radius 2 is 1.64 bits per heavy atom. The summed E-state index contributed by atoms with van der Waals surface area (Å²) in [5.74, 6) is -0.239. The molecule has 1 aliphatic rings. The average Bonchev–Trinajstić information content (AvgIpc) is 3.37. The lowest BCUT2D eigenvalue weighted by atomic mass is 9.91. The van der Waals surface area contributed by atoms with Gasteiger partial charge >= 0.3 is 0 Å². The Bertz CT molecular complexity index is 1410. The van der Waals surface area contributed by atoms with E-state index >= 15 is 0 Å². The molecule has 5 heteroatoms. The molecule has 0 radical (unpaired) electrons. The topological polar surface area (TPSA) is 65.2 Å². The van der Waals surface area contributed by atoms with Crippen molar-refractivity contribution in [2.24, 2.45) is 5.92 Å². The first kappa shape index (κ1) is 23.9. The third-order valence-corrected chi connectivity index (χ3v) is 7.62. The van der Waals surface area contributed by atoms with Gasteiger partial charge in [0.05, 0.1) is 12.1 Å². The van der Waals surface area contributed by atoms with Crippen molar-refractivity contribution in [2.45, 2.75) is 52.2 Å². The van der Waals surface area contributed by atoms with Crippen molar-refractivity contribution in [1.29, 1.82) is 0 Å². The summed E-state index contributed by atoms with van der Waals surface area (Å²) in [6.45, 7) is 8.18. The minimum atomic E-state index is -0.612. The highest BCUT2D eigenvalue weighted by Gasteiger charge is 2.46. The Morgan fingerprint density at radius 1 is 0.972 bits per heavy atom. The molecular weight excluding hydrogens is 446 g/mol. The number of hydrogen-bond acceptors (Lipinski definition) is 2. The minimum absolute atomic E-state index is 0.0285. The average molecular weight is 480 g/mol. The lowest BCUT2D eigenvalue weighted by Gasteiger charge is -2.37. The van der Waals surface area contributed by atoms with Gasteiger partial charge in [-0.1, -0.05) is 87.0 Å². The van der Waals surface area contributed by atoms with E-state index in [0.29, 0.717) is 5.56 Å². The maximum absolute atomic E-state index is 14.0. The zero-order valence-electron chi connectivity index (χ0n) is 21.3. The number of benzene rings is 3. The Hall–Kier alpha value is -3.86. The molecule has 0 saturated heterocycles. The fourth-order valence-corrected chi connectivity index (χ4v) is 5.57. The summed E-state index contributed by atoms with van der Waals surface area (Å²) in [6.07, 6.45) is 0.775. The smallest absolute Gasteiger partial charge is 0.255 e. The van der Waals surface area contributed by atoms with Crippen LogP contribution in [0, 0.1) is 12.8 Å². The van der Waals surface area contributed by atoms with Gasteiger partial charge in [-0.15, -0.1) is 0 Å². The lowest BCUT2D eigenvalue weighted by Crippen LogP contribution is -2.52. The molecule has 2 amide bonds. The van der Waals surface area contributed by atoms with E-state index in [1.807, 2.05) is 78.6 Å². The Kier molecular flexibility index (Phi) is 6.40. The van der Waals surface area contributed by atoms with E-state index in [2.05, 4.69) is 43.2 Å². The van der Waals surface area contributed by atoms with Gasteiger partial charge in [0.15, 0.2) is 0 Å². The third-order valence-electron chi connectivity index (χ3n) is 7.62. The number of amides is 2. The van der Waals surface area contributed by atoms with Gasteiger partial charge in [-0.2, -0.15) is 0 Å². The molecule has 5 nitrogen and oxygen atoms in total. The largest absolute Gasteiger partial charge is 0.358 e. The van der Waals surface area contributed by atoms with E-state index in [9.17, 15) is 9.59 Å². The van der Waals surface area contributed by atoms with E-state index in [1.165, 1.54) is 0 Å². The number of carbonyl (C=O) groups excluding carboxylic acids is 2. The second-order valence-corrected chi connectivity index (χ2v) is 9.88. The van der Waals surface area contributed by atoms with Crippen LogP contribution in [0.15, 0.2) is 78.9 Å². The predicted molar refractivity (Wildman–Crippen MR) is 144 cm³/mol. The Labute approximate surface area is 212 Å². The first-order valence-corrected chi connectivity index (χ1v) is 12.8. The molecule has 2 heterocycles. The standard InChI is InChI=1S/C31H33N3O2/c1-5-19(2)28(30(35)33-20(3)22-13-7-6-8-14-22)34-29(23-15-9-10-16-24(23)31(34)36)27-21(4)32-26-18-12-11-17-25(26)27/h6-20,28-29,32H,5H2,1-4H3,(H,33,35). The van der Waals surface area contributed by atoms with Crippen LogP contribution < -0.4 is 5.32 Å². The van der Waals surface area contributed by atoms with Crippen LogP contribution in [0.4, 0.5) is 0 Å². The van der Waals surface area contributed by atoms with Crippen molar-refractivity contribution >= 4 is 22.7 Å². The number of aromatic amines is 1. The maximum Gasteiger partial charge on any atom is 0.255 e. The number of carbonyl (C=O) groups is 2. The highest BCUT2D eigenvalue weighted by Crippen LogP contribution is 2.45. The highest BCUT2D eigenvalue weighted by atomic mass is 16.2.